The normalized spacial score (nSPS) is 25.4. The molecule has 4 heteroatoms. The van der Waals surface area contributed by atoms with Crippen molar-refractivity contribution >= 4 is 17.2 Å². The number of hydrogen-bond acceptors (Lipinski definition) is 3. The summed E-state index contributed by atoms with van der Waals surface area (Å²) in [6.45, 7) is 8.08. The Hall–Kier alpha value is -0.970. The molecule has 3 unspecified atom stereocenters. The Morgan fingerprint density at radius 3 is 2.30 bits per heavy atom. The van der Waals surface area contributed by atoms with Crippen molar-refractivity contribution < 1.29 is 4.74 Å². The van der Waals surface area contributed by atoms with Gasteiger partial charge in [-0.2, -0.15) is 0 Å². The van der Waals surface area contributed by atoms with E-state index in [-0.39, 0.29) is 18.2 Å². The number of rotatable bonds is 4. The van der Waals surface area contributed by atoms with Crippen LogP contribution in [0.5, 0.6) is 0 Å². The minimum atomic E-state index is 0.00436. The number of nitrogens with zero attached hydrogens (tertiary/aromatic N) is 1. The van der Waals surface area contributed by atoms with E-state index in [0.29, 0.717) is 4.99 Å². The van der Waals surface area contributed by atoms with Crippen LogP contribution in [0, 0.1) is 0 Å². The zero-order valence-electron chi connectivity index (χ0n) is 12.5. The van der Waals surface area contributed by atoms with Crippen molar-refractivity contribution in [1.29, 1.82) is 0 Å². The van der Waals surface area contributed by atoms with E-state index in [1.165, 1.54) is 11.1 Å². The van der Waals surface area contributed by atoms with Crippen LogP contribution in [-0.2, 0) is 11.2 Å². The first-order chi connectivity index (χ1) is 9.51. The summed E-state index contributed by atoms with van der Waals surface area (Å²) in [5.41, 5.74) is 8.52. The third-order valence-electron chi connectivity index (χ3n) is 3.79. The maximum atomic E-state index is 6.01. The van der Waals surface area contributed by atoms with Gasteiger partial charge in [0.25, 0.3) is 0 Å². The second-order valence-electron chi connectivity index (χ2n) is 5.61. The Labute approximate surface area is 127 Å². The van der Waals surface area contributed by atoms with E-state index < -0.39 is 0 Å². The van der Waals surface area contributed by atoms with Crippen LogP contribution in [0.3, 0.4) is 0 Å². The highest BCUT2D eigenvalue weighted by Gasteiger charge is 2.30. The molecule has 0 spiro atoms. The molecule has 0 saturated carbocycles. The monoisotopic (exact) mass is 292 g/mol. The zero-order chi connectivity index (χ0) is 14.7. The lowest BCUT2D eigenvalue weighted by Crippen LogP contribution is -2.49. The van der Waals surface area contributed by atoms with E-state index in [1.807, 2.05) is 0 Å². The smallest absolute Gasteiger partial charge is 0.0948 e. The Morgan fingerprint density at radius 1 is 1.30 bits per heavy atom. The molecular weight excluding hydrogens is 268 g/mol. The Bertz CT molecular complexity index is 450. The van der Waals surface area contributed by atoms with Gasteiger partial charge >= 0.3 is 0 Å². The van der Waals surface area contributed by atoms with Gasteiger partial charge in [-0.1, -0.05) is 43.4 Å². The van der Waals surface area contributed by atoms with Gasteiger partial charge in [-0.25, -0.2) is 0 Å². The molecule has 1 aromatic carbocycles. The average molecular weight is 292 g/mol. The fraction of sp³-hybridized carbons (Fsp3) is 0.562. The molecule has 2 rings (SSSR count). The van der Waals surface area contributed by atoms with Crippen LogP contribution in [0.1, 0.15) is 37.9 Å². The Balaban J connectivity index is 2.23. The summed E-state index contributed by atoms with van der Waals surface area (Å²) in [6, 6.07) is 8.62. The van der Waals surface area contributed by atoms with Crippen molar-refractivity contribution in [2.45, 2.75) is 45.4 Å². The molecule has 1 aliphatic heterocycles. The van der Waals surface area contributed by atoms with Gasteiger partial charge in [0.2, 0.25) is 0 Å². The van der Waals surface area contributed by atoms with Gasteiger partial charge in [0.15, 0.2) is 0 Å². The fourth-order valence-electron chi connectivity index (χ4n) is 2.92. The van der Waals surface area contributed by atoms with Crippen LogP contribution in [-0.4, -0.2) is 35.2 Å². The standard InChI is InChI=1S/C16H24N2OS/c1-4-13-5-7-14(8-6-13)15(16(17)20)18-9-11(2)19-12(3)10-18/h5-8,11-12,15H,4,9-10H2,1-3H3,(H2,17,20). The summed E-state index contributed by atoms with van der Waals surface area (Å²) >= 11 is 5.31. The highest BCUT2D eigenvalue weighted by atomic mass is 32.1. The summed E-state index contributed by atoms with van der Waals surface area (Å²) in [7, 11) is 0. The number of morpholine rings is 1. The summed E-state index contributed by atoms with van der Waals surface area (Å²) in [5.74, 6) is 0. The largest absolute Gasteiger partial charge is 0.392 e. The molecular formula is C16H24N2OS. The highest BCUT2D eigenvalue weighted by Crippen LogP contribution is 2.25. The fourth-order valence-corrected chi connectivity index (χ4v) is 3.20. The second-order valence-corrected chi connectivity index (χ2v) is 6.08. The predicted octanol–water partition coefficient (Wildman–Crippen LogP) is 2.69. The Morgan fingerprint density at radius 2 is 1.85 bits per heavy atom. The van der Waals surface area contributed by atoms with Gasteiger partial charge < -0.3 is 10.5 Å². The maximum Gasteiger partial charge on any atom is 0.0948 e. The van der Waals surface area contributed by atoms with E-state index in [1.54, 1.807) is 0 Å². The average Bonchev–Trinajstić information content (AvgIpc) is 2.38. The predicted molar refractivity (Wildman–Crippen MR) is 86.9 cm³/mol. The summed E-state index contributed by atoms with van der Waals surface area (Å²) in [5, 5.41) is 0. The molecule has 1 heterocycles. The molecule has 0 aliphatic carbocycles. The van der Waals surface area contributed by atoms with Crippen molar-refractivity contribution in [3.63, 3.8) is 0 Å². The van der Waals surface area contributed by atoms with Crippen molar-refractivity contribution in [2.24, 2.45) is 5.73 Å². The number of ether oxygens (including phenoxy) is 1. The van der Waals surface area contributed by atoms with Gasteiger partial charge in [0.05, 0.1) is 23.2 Å². The first-order valence-electron chi connectivity index (χ1n) is 7.29. The summed E-state index contributed by atoms with van der Waals surface area (Å²) in [6.07, 6.45) is 1.47. The van der Waals surface area contributed by atoms with Gasteiger partial charge in [-0.3, -0.25) is 4.90 Å². The zero-order valence-corrected chi connectivity index (χ0v) is 13.3. The quantitative estimate of drug-likeness (QED) is 0.866. The maximum absolute atomic E-state index is 6.01. The van der Waals surface area contributed by atoms with Crippen molar-refractivity contribution in [2.75, 3.05) is 13.1 Å². The van der Waals surface area contributed by atoms with Crippen LogP contribution in [0.25, 0.3) is 0 Å². The molecule has 3 atom stereocenters. The molecule has 1 fully saturated rings. The molecule has 1 saturated heterocycles. The van der Waals surface area contributed by atoms with E-state index in [0.717, 1.165) is 19.5 Å². The highest BCUT2D eigenvalue weighted by molar-refractivity contribution is 7.80. The molecule has 1 aromatic rings. The lowest BCUT2D eigenvalue weighted by Gasteiger charge is -2.40. The lowest BCUT2D eigenvalue weighted by molar-refractivity contribution is -0.0736. The number of hydrogen-bond donors (Lipinski definition) is 1. The minimum Gasteiger partial charge on any atom is -0.392 e. The van der Waals surface area contributed by atoms with Crippen LogP contribution < -0.4 is 5.73 Å². The first kappa shape index (κ1) is 15.4. The SMILES string of the molecule is CCc1ccc(C(C(N)=S)N2CC(C)OC(C)C2)cc1. The molecule has 0 radical (unpaired) electrons. The molecule has 2 N–H and O–H groups in total. The van der Waals surface area contributed by atoms with E-state index in [2.05, 4.69) is 49.9 Å². The van der Waals surface area contributed by atoms with E-state index in [9.17, 15) is 0 Å². The lowest BCUT2D eigenvalue weighted by atomic mass is 10.0. The molecule has 0 bridgehead atoms. The third-order valence-corrected chi connectivity index (χ3v) is 4.01. The van der Waals surface area contributed by atoms with Crippen LogP contribution >= 0.6 is 12.2 Å². The van der Waals surface area contributed by atoms with Crippen molar-refractivity contribution in [3.05, 3.63) is 35.4 Å². The molecule has 0 aromatic heterocycles. The number of benzene rings is 1. The molecule has 0 amide bonds. The van der Waals surface area contributed by atoms with Crippen molar-refractivity contribution in [3.8, 4) is 0 Å². The van der Waals surface area contributed by atoms with Gasteiger partial charge in [-0.15, -0.1) is 0 Å². The topological polar surface area (TPSA) is 38.5 Å². The first-order valence-corrected chi connectivity index (χ1v) is 7.69. The molecule has 20 heavy (non-hydrogen) atoms. The number of nitrogens with two attached hydrogens (primary N) is 1. The molecule has 110 valence electrons. The van der Waals surface area contributed by atoms with Crippen LogP contribution in [0.4, 0.5) is 0 Å². The van der Waals surface area contributed by atoms with Gasteiger partial charge in [0.1, 0.15) is 0 Å². The van der Waals surface area contributed by atoms with E-state index in [4.69, 9.17) is 22.7 Å². The van der Waals surface area contributed by atoms with Crippen molar-refractivity contribution in [1.82, 2.24) is 4.90 Å². The second kappa shape index (κ2) is 6.66. The number of thiocarbonyl (C=S) groups is 1. The minimum absolute atomic E-state index is 0.00436. The van der Waals surface area contributed by atoms with Crippen LogP contribution in [0.2, 0.25) is 0 Å². The summed E-state index contributed by atoms with van der Waals surface area (Å²) in [4.78, 5) is 2.87. The Kier molecular flexibility index (Phi) is 5.13. The molecule has 3 nitrogen and oxygen atoms in total. The third kappa shape index (κ3) is 3.57. The van der Waals surface area contributed by atoms with Crippen LogP contribution in [0.15, 0.2) is 24.3 Å². The number of aryl methyl sites for hydroxylation is 1. The van der Waals surface area contributed by atoms with E-state index >= 15 is 0 Å². The van der Waals surface area contributed by atoms with Gasteiger partial charge in [0, 0.05) is 13.1 Å². The molecule has 1 aliphatic rings. The summed E-state index contributed by atoms with van der Waals surface area (Å²) < 4.78 is 5.79. The van der Waals surface area contributed by atoms with Gasteiger partial charge in [-0.05, 0) is 31.4 Å².